The van der Waals surface area contributed by atoms with Crippen molar-refractivity contribution in [1.29, 1.82) is 0 Å². The van der Waals surface area contributed by atoms with Gasteiger partial charge in [-0.25, -0.2) is 0 Å². The van der Waals surface area contributed by atoms with Gasteiger partial charge in [0.1, 0.15) is 5.60 Å². The fourth-order valence-corrected chi connectivity index (χ4v) is 8.83. The van der Waals surface area contributed by atoms with Crippen LogP contribution >= 0.6 is 0 Å². The van der Waals surface area contributed by atoms with Gasteiger partial charge < -0.3 is 20.4 Å². The first kappa shape index (κ1) is 23.1. The lowest BCUT2D eigenvalue weighted by atomic mass is 9.42. The maximum atomic E-state index is 11.5. The molecule has 0 spiro atoms. The zero-order valence-electron chi connectivity index (χ0n) is 19.3. The third-order valence-corrected chi connectivity index (χ3v) is 10.7. The minimum atomic E-state index is -1.07. The van der Waals surface area contributed by atoms with E-state index in [2.05, 4.69) is 26.7 Å². The van der Waals surface area contributed by atoms with Crippen molar-refractivity contribution in [2.45, 2.75) is 96.4 Å². The Hall–Kier alpha value is -1.09. The molecule has 5 heteroatoms. The number of terminal acetylenes is 1. The Morgan fingerprint density at radius 1 is 1.16 bits per heavy atom. The highest BCUT2D eigenvalue weighted by molar-refractivity contribution is 5.66. The van der Waals surface area contributed by atoms with Gasteiger partial charge in [0.05, 0.1) is 12.2 Å². The second-order valence-electron chi connectivity index (χ2n) is 11.9. The Morgan fingerprint density at radius 2 is 1.87 bits per heavy atom. The minimum absolute atomic E-state index is 0.0255. The van der Waals surface area contributed by atoms with Crippen molar-refractivity contribution >= 4 is 5.97 Å². The molecule has 4 fully saturated rings. The fourth-order valence-electron chi connectivity index (χ4n) is 8.83. The molecule has 0 aliphatic heterocycles. The minimum Gasteiger partial charge on any atom is -0.481 e. The van der Waals surface area contributed by atoms with E-state index in [9.17, 15) is 20.1 Å². The molecule has 174 valence electrons. The number of carboxylic acid groups (broad SMARTS) is 1. The van der Waals surface area contributed by atoms with Crippen molar-refractivity contribution in [2.24, 2.45) is 46.3 Å². The van der Waals surface area contributed by atoms with Crippen molar-refractivity contribution in [3.05, 3.63) is 0 Å². The van der Waals surface area contributed by atoms with Gasteiger partial charge in [-0.15, -0.1) is 6.42 Å². The summed E-state index contributed by atoms with van der Waals surface area (Å²) in [5, 5.41) is 42.8. The highest BCUT2D eigenvalue weighted by Gasteiger charge is 2.66. The van der Waals surface area contributed by atoms with Gasteiger partial charge in [-0.2, -0.15) is 0 Å². The fraction of sp³-hybridized carbons (Fsp3) is 0.885. The van der Waals surface area contributed by atoms with E-state index in [-0.39, 0.29) is 52.8 Å². The lowest BCUT2D eigenvalue weighted by molar-refractivity contribution is -0.211. The molecule has 0 saturated heterocycles. The number of carbonyl (C=O) groups is 1. The zero-order chi connectivity index (χ0) is 22.8. The van der Waals surface area contributed by atoms with Crippen LogP contribution in [0.2, 0.25) is 0 Å². The van der Waals surface area contributed by atoms with Crippen molar-refractivity contribution in [1.82, 2.24) is 0 Å². The first-order valence-electron chi connectivity index (χ1n) is 12.2. The summed E-state index contributed by atoms with van der Waals surface area (Å²) in [6.07, 6.45) is 10.8. The van der Waals surface area contributed by atoms with Crippen LogP contribution in [0, 0.1) is 58.7 Å². The summed E-state index contributed by atoms with van der Waals surface area (Å²) < 4.78 is 0. The summed E-state index contributed by atoms with van der Waals surface area (Å²) in [6, 6.07) is 0. The molecule has 4 aliphatic rings. The molecule has 4 N–H and O–H groups in total. The highest BCUT2D eigenvalue weighted by atomic mass is 16.4. The molecule has 0 amide bonds. The first-order valence-corrected chi connectivity index (χ1v) is 12.2. The Kier molecular flexibility index (Phi) is 5.77. The van der Waals surface area contributed by atoms with Crippen molar-refractivity contribution < 1.29 is 25.2 Å². The van der Waals surface area contributed by atoms with Crippen molar-refractivity contribution in [3.63, 3.8) is 0 Å². The Morgan fingerprint density at radius 3 is 2.52 bits per heavy atom. The number of hydrogen-bond donors (Lipinski definition) is 4. The number of aliphatic hydroxyl groups excluding tert-OH is 2. The SMILES string of the molecule is C#C[C@@]1(O)CC[C@@]2(C)C(CC(O)C3C2CC(O)[C@@]2(C)C3CC[C@@H]2[C@H](C)CCC(=O)O)C1. The van der Waals surface area contributed by atoms with Crippen molar-refractivity contribution in [3.8, 4) is 12.3 Å². The molecule has 4 saturated carbocycles. The van der Waals surface area contributed by atoms with Crippen LogP contribution in [-0.4, -0.2) is 44.2 Å². The molecule has 0 heterocycles. The third kappa shape index (κ3) is 3.45. The Balaban J connectivity index is 1.61. The molecule has 0 bridgehead atoms. The van der Waals surface area contributed by atoms with E-state index in [1.165, 1.54) is 0 Å². The summed E-state index contributed by atoms with van der Waals surface area (Å²) in [4.78, 5) is 11.1. The summed E-state index contributed by atoms with van der Waals surface area (Å²) >= 11 is 0. The van der Waals surface area contributed by atoms with Crippen LogP contribution in [0.4, 0.5) is 0 Å². The lowest BCUT2D eigenvalue weighted by Gasteiger charge is -2.64. The van der Waals surface area contributed by atoms with Gasteiger partial charge in [0.15, 0.2) is 0 Å². The van der Waals surface area contributed by atoms with E-state index in [4.69, 9.17) is 11.5 Å². The van der Waals surface area contributed by atoms with Gasteiger partial charge in [0.2, 0.25) is 0 Å². The summed E-state index contributed by atoms with van der Waals surface area (Å²) in [5.41, 5.74) is -1.38. The predicted molar refractivity (Wildman–Crippen MR) is 118 cm³/mol. The molecule has 11 atom stereocenters. The number of fused-ring (bicyclic) bond motifs is 5. The van der Waals surface area contributed by atoms with Crippen LogP contribution in [0.3, 0.4) is 0 Å². The Bertz CT molecular complexity index is 759. The second-order valence-corrected chi connectivity index (χ2v) is 11.9. The number of hydrogen-bond acceptors (Lipinski definition) is 4. The molecule has 31 heavy (non-hydrogen) atoms. The largest absolute Gasteiger partial charge is 0.481 e. The molecule has 6 unspecified atom stereocenters. The standard InChI is InChI=1S/C26H40O5/c1-5-26(31)11-10-24(3)16(14-26)12-20(27)23-18-8-7-17(15(2)6-9-22(29)30)25(18,4)21(28)13-19(23)24/h1,15-21,23,27-28,31H,6-14H2,2-4H3,(H,29,30)/t15-,16?,17-,18?,19?,20?,21?,23?,24+,25-,26-/m1/s1. The van der Waals surface area contributed by atoms with E-state index < -0.39 is 23.8 Å². The average Bonchev–Trinajstić information content (AvgIpc) is 3.07. The highest BCUT2D eigenvalue weighted by Crippen LogP contribution is 2.68. The van der Waals surface area contributed by atoms with E-state index in [0.29, 0.717) is 32.1 Å². The van der Waals surface area contributed by atoms with Gasteiger partial charge >= 0.3 is 5.97 Å². The van der Waals surface area contributed by atoms with Crippen LogP contribution in [0.5, 0.6) is 0 Å². The lowest BCUT2D eigenvalue weighted by Crippen LogP contribution is -2.63. The molecule has 0 aromatic rings. The molecule has 0 aromatic heterocycles. The maximum Gasteiger partial charge on any atom is 0.303 e. The summed E-state index contributed by atoms with van der Waals surface area (Å²) in [5.74, 6) is 3.15. The van der Waals surface area contributed by atoms with Gasteiger partial charge in [-0.1, -0.05) is 26.7 Å². The summed E-state index contributed by atoms with van der Waals surface area (Å²) in [7, 11) is 0. The van der Waals surface area contributed by atoms with E-state index in [0.717, 1.165) is 19.3 Å². The summed E-state index contributed by atoms with van der Waals surface area (Å²) in [6.45, 7) is 6.64. The van der Waals surface area contributed by atoms with Crippen LogP contribution < -0.4 is 0 Å². The number of aliphatic hydroxyl groups is 3. The normalized spacial score (nSPS) is 52.4. The quantitative estimate of drug-likeness (QED) is 0.510. The zero-order valence-corrected chi connectivity index (χ0v) is 19.3. The number of aliphatic carboxylic acids is 1. The monoisotopic (exact) mass is 432 g/mol. The molecule has 0 aromatic carbocycles. The molecular formula is C26H40O5. The van der Waals surface area contributed by atoms with E-state index in [1.54, 1.807) is 0 Å². The van der Waals surface area contributed by atoms with Crippen LogP contribution in [0.15, 0.2) is 0 Å². The second kappa shape index (κ2) is 7.75. The van der Waals surface area contributed by atoms with Gasteiger partial charge in [-0.3, -0.25) is 4.79 Å². The first-order chi connectivity index (χ1) is 14.5. The van der Waals surface area contributed by atoms with Crippen molar-refractivity contribution in [2.75, 3.05) is 0 Å². The van der Waals surface area contributed by atoms with Crippen LogP contribution in [0.25, 0.3) is 0 Å². The molecular weight excluding hydrogens is 392 g/mol. The topological polar surface area (TPSA) is 98.0 Å². The predicted octanol–water partition coefficient (Wildman–Crippen LogP) is 3.45. The van der Waals surface area contributed by atoms with Gasteiger partial charge in [0, 0.05) is 6.42 Å². The van der Waals surface area contributed by atoms with Crippen LogP contribution in [0.1, 0.15) is 78.6 Å². The average molecular weight is 433 g/mol. The van der Waals surface area contributed by atoms with Gasteiger partial charge in [0.25, 0.3) is 0 Å². The maximum absolute atomic E-state index is 11.5. The third-order valence-electron chi connectivity index (χ3n) is 10.7. The van der Waals surface area contributed by atoms with E-state index >= 15 is 0 Å². The van der Waals surface area contributed by atoms with Gasteiger partial charge in [-0.05, 0) is 97.7 Å². The van der Waals surface area contributed by atoms with E-state index in [1.807, 2.05) is 0 Å². The number of carboxylic acids is 1. The molecule has 0 radical (unpaired) electrons. The Labute approximate surface area is 186 Å². The molecule has 5 nitrogen and oxygen atoms in total. The smallest absolute Gasteiger partial charge is 0.303 e. The van der Waals surface area contributed by atoms with Crippen LogP contribution in [-0.2, 0) is 4.79 Å². The molecule has 4 rings (SSSR count). The number of rotatable bonds is 4. The molecule has 4 aliphatic carbocycles.